The second kappa shape index (κ2) is 10.2. The number of fused-ring (bicyclic) bond motifs is 1. The van der Waals surface area contributed by atoms with Crippen molar-refractivity contribution < 1.29 is 19.1 Å². The van der Waals surface area contributed by atoms with Gasteiger partial charge in [-0.25, -0.2) is 9.37 Å². The summed E-state index contributed by atoms with van der Waals surface area (Å²) in [7, 11) is 0. The molecule has 5 rings (SSSR count). The molecule has 1 aromatic heterocycles. The largest absolute Gasteiger partial charge is 0.472 e. The summed E-state index contributed by atoms with van der Waals surface area (Å²) in [5.41, 5.74) is 2.68. The fourth-order valence-corrected chi connectivity index (χ4v) is 5.70. The van der Waals surface area contributed by atoms with Crippen LogP contribution in [0.2, 0.25) is 0 Å². The highest BCUT2D eigenvalue weighted by atomic mass is 32.1. The van der Waals surface area contributed by atoms with E-state index >= 15 is 0 Å². The van der Waals surface area contributed by atoms with E-state index in [4.69, 9.17) is 9.57 Å². The highest BCUT2D eigenvalue weighted by Gasteiger charge is 2.35. The minimum atomic E-state index is -0.651. The number of oxime groups is 1. The third-order valence-corrected chi connectivity index (χ3v) is 7.55. The van der Waals surface area contributed by atoms with Crippen LogP contribution in [-0.4, -0.2) is 76.3 Å². The number of aliphatic hydroxyl groups is 1. The first kappa shape index (κ1) is 24.1. The molecule has 2 aliphatic rings. The molecule has 1 saturated heterocycles. The van der Waals surface area contributed by atoms with E-state index in [1.54, 1.807) is 30.4 Å². The van der Waals surface area contributed by atoms with Gasteiger partial charge < -0.3 is 14.7 Å². The number of nitrogens with zero attached hydrogens (tertiary/aromatic N) is 4. The van der Waals surface area contributed by atoms with Gasteiger partial charge in [-0.15, -0.1) is 11.3 Å². The number of ether oxygens (including phenoxy) is 1. The maximum Gasteiger partial charge on any atom is 0.178 e. The lowest BCUT2D eigenvalue weighted by Crippen LogP contribution is -2.60. The van der Waals surface area contributed by atoms with E-state index in [9.17, 15) is 9.50 Å². The number of aromatic nitrogens is 1. The zero-order valence-corrected chi connectivity index (χ0v) is 21.0. The standard InChI is InChI=1S/C26H31FN4O3S/c1-16-14-30(15-22-13-23(29-34-22)19-4-6-20(27)7-5-19)10-11-31(16)26(17(2)32)33-21-8-9-25-24(12-21)28-18(3)35-25/h4-9,12,16-17,22,26,32H,10-11,13-15H2,1-3H3/t16-,17+,22+,26?/m0/s1. The summed E-state index contributed by atoms with van der Waals surface area (Å²) < 4.78 is 20.6. The minimum Gasteiger partial charge on any atom is -0.472 e. The van der Waals surface area contributed by atoms with Crippen LogP contribution in [0.3, 0.4) is 0 Å². The number of rotatable bonds is 7. The topological polar surface area (TPSA) is 70.4 Å². The van der Waals surface area contributed by atoms with Gasteiger partial charge in [-0.05, 0) is 50.6 Å². The molecule has 2 aliphatic heterocycles. The zero-order chi connectivity index (χ0) is 24.5. The van der Waals surface area contributed by atoms with Gasteiger partial charge in [0, 0.05) is 44.7 Å². The van der Waals surface area contributed by atoms with E-state index in [2.05, 4.69) is 26.9 Å². The maximum absolute atomic E-state index is 13.2. The van der Waals surface area contributed by atoms with Crippen LogP contribution < -0.4 is 4.74 Å². The molecule has 0 bridgehead atoms. The Labute approximate surface area is 208 Å². The zero-order valence-electron chi connectivity index (χ0n) is 20.2. The van der Waals surface area contributed by atoms with Crippen molar-refractivity contribution in [3.63, 3.8) is 0 Å². The summed E-state index contributed by atoms with van der Waals surface area (Å²) >= 11 is 1.66. The molecule has 0 spiro atoms. The molecule has 0 amide bonds. The van der Waals surface area contributed by atoms with Gasteiger partial charge in [0.25, 0.3) is 0 Å². The van der Waals surface area contributed by atoms with Crippen molar-refractivity contribution in [2.24, 2.45) is 5.16 Å². The third kappa shape index (κ3) is 5.48. The Hall–Kier alpha value is -2.59. The Bertz CT molecular complexity index is 1200. The minimum absolute atomic E-state index is 0.0223. The van der Waals surface area contributed by atoms with E-state index in [-0.39, 0.29) is 18.0 Å². The lowest BCUT2D eigenvalue weighted by Gasteiger charge is -2.44. The van der Waals surface area contributed by atoms with E-state index in [0.717, 1.165) is 52.7 Å². The lowest BCUT2D eigenvalue weighted by atomic mass is 10.0. The second-order valence-corrected chi connectivity index (χ2v) is 10.7. The van der Waals surface area contributed by atoms with Crippen LogP contribution in [0.25, 0.3) is 10.2 Å². The van der Waals surface area contributed by atoms with Crippen molar-refractivity contribution in [3.8, 4) is 5.75 Å². The molecule has 3 heterocycles. The number of benzene rings is 2. The monoisotopic (exact) mass is 498 g/mol. The summed E-state index contributed by atoms with van der Waals surface area (Å²) in [6, 6.07) is 12.5. The molecule has 1 fully saturated rings. The van der Waals surface area contributed by atoms with Crippen molar-refractivity contribution in [2.45, 2.75) is 51.7 Å². The van der Waals surface area contributed by atoms with Crippen molar-refractivity contribution in [1.82, 2.24) is 14.8 Å². The van der Waals surface area contributed by atoms with Crippen LogP contribution in [0.4, 0.5) is 4.39 Å². The van der Waals surface area contributed by atoms with E-state index in [0.29, 0.717) is 12.2 Å². The van der Waals surface area contributed by atoms with Crippen LogP contribution in [0.1, 0.15) is 30.8 Å². The van der Waals surface area contributed by atoms with E-state index in [1.165, 1.54) is 12.1 Å². The number of halogens is 1. The van der Waals surface area contributed by atoms with Crippen molar-refractivity contribution in [1.29, 1.82) is 0 Å². The number of aliphatic hydroxyl groups excluding tert-OH is 1. The first-order valence-corrected chi connectivity index (χ1v) is 12.9. The number of hydrogen-bond donors (Lipinski definition) is 1. The summed E-state index contributed by atoms with van der Waals surface area (Å²) in [6.45, 7) is 9.15. The predicted octanol–water partition coefficient (Wildman–Crippen LogP) is 4.03. The summed E-state index contributed by atoms with van der Waals surface area (Å²) in [4.78, 5) is 14.8. The van der Waals surface area contributed by atoms with Gasteiger partial charge in [0.1, 0.15) is 23.8 Å². The highest BCUT2D eigenvalue weighted by molar-refractivity contribution is 7.18. The van der Waals surface area contributed by atoms with Crippen LogP contribution in [0.5, 0.6) is 5.75 Å². The lowest BCUT2D eigenvalue weighted by molar-refractivity contribution is -0.0984. The Morgan fingerprint density at radius 3 is 2.77 bits per heavy atom. The SMILES string of the molecule is Cc1nc2cc(OC([C@@H](C)O)N3CCN(C[C@H]4CC(c5ccc(F)cc5)=NO4)C[C@@H]3C)ccc2s1. The Morgan fingerprint density at radius 2 is 2.03 bits per heavy atom. The van der Waals surface area contributed by atoms with Crippen LogP contribution in [0, 0.1) is 12.7 Å². The molecule has 0 saturated carbocycles. The molecule has 2 aromatic carbocycles. The van der Waals surface area contributed by atoms with Gasteiger partial charge in [0.2, 0.25) is 0 Å². The molecular formula is C26H31FN4O3S. The average Bonchev–Trinajstić information content (AvgIpc) is 3.43. The first-order chi connectivity index (χ1) is 16.9. The van der Waals surface area contributed by atoms with Crippen molar-refractivity contribution in [3.05, 3.63) is 58.9 Å². The Kier molecular flexibility index (Phi) is 7.02. The molecule has 1 N–H and O–H groups in total. The van der Waals surface area contributed by atoms with Crippen LogP contribution >= 0.6 is 11.3 Å². The Morgan fingerprint density at radius 1 is 1.23 bits per heavy atom. The molecular weight excluding hydrogens is 467 g/mol. The summed E-state index contributed by atoms with van der Waals surface area (Å²) in [5, 5.41) is 15.8. The molecule has 1 unspecified atom stereocenters. The number of aryl methyl sites for hydroxylation is 1. The van der Waals surface area contributed by atoms with E-state index < -0.39 is 12.3 Å². The van der Waals surface area contributed by atoms with Crippen molar-refractivity contribution in [2.75, 3.05) is 26.2 Å². The summed E-state index contributed by atoms with van der Waals surface area (Å²) in [5.74, 6) is 0.461. The van der Waals surface area contributed by atoms with Gasteiger partial charge >= 0.3 is 0 Å². The highest BCUT2D eigenvalue weighted by Crippen LogP contribution is 2.28. The van der Waals surface area contributed by atoms with Gasteiger partial charge in [-0.3, -0.25) is 9.80 Å². The molecule has 35 heavy (non-hydrogen) atoms. The van der Waals surface area contributed by atoms with Gasteiger partial charge in [-0.1, -0.05) is 17.3 Å². The Balaban J connectivity index is 1.17. The molecule has 186 valence electrons. The fourth-order valence-electron chi connectivity index (χ4n) is 4.90. The fraction of sp³-hybridized carbons (Fsp3) is 0.462. The molecule has 0 radical (unpaired) electrons. The number of hydrogen-bond acceptors (Lipinski definition) is 8. The van der Waals surface area contributed by atoms with Gasteiger partial charge in [-0.2, -0.15) is 0 Å². The van der Waals surface area contributed by atoms with Crippen LogP contribution in [-0.2, 0) is 4.84 Å². The average molecular weight is 499 g/mol. The van der Waals surface area contributed by atoms with Gasteiger partial charge in [0.05, 0.1) is 20.9 Å². The normalized spacial score (nSPS) is 23.2. The summed E-state index contributed by atoms with van der Waals surface area (Å²) in [6.07, 6.45) is -0.411. The molecule has 3 aromatic rings. The maximum atomic E-state index is 13.2. The van der Waals surface area contributed by atoms with Crippen LogP contribution in [0.15, 0.2) is 47.6 Å². The predicted molar refractivity (Wildman–Crippen MR) is 135 cm³/mol. The molecule has 7 nitrogen and oxygen atoms in total. The molecule has 9 heteroatoms. The molecule has 4 atom stereocenters. The molecule has 0 aliphatic carbocycles. The third-order valence-electron chi connectivity index (χ3n) is 6.60. The first-order valence-electron chi connectivity index (χ1n) is 12.0. The smallest absolute Gasteiger partial charge is 0.178 e. The second-order valence-electron chi connectivity index (χ2n) is 9.43. The van der Waals surface area contributed by atoms with Crippen molar-refractivity contribution >= 4 is 27.3 Å². The number of thiazole rings is 1. The van der Waals surface area contributed by atoms with Gasteiger partial charge in [0.15, 0.2) is 6.23 Å². The van der Waals surface area contributed by atoms with E-state index in [1.807, 2.05) is 25.1 Å². The quantitative estimate of drug-likeness (QED) is 0.531. The number of piperazine rings is 1.